The maximum Gasteiger partial charge on any atom is 0.339 e. The van der Waals surface area contributed by atoms with Gasteiger partial charge in [-0.05, 0) is 36.9 Å². The van der Waals surface area contributed by atoms with Crippen molar-refractivity contribution in [2.45, 2.75) is 19.8 Å². The van der Waals surface area contributed by atoms with Gasteiger partial charge in [-0.15, -0.1) is 22.7 Å². The number of carbonyl (C=O) groups excluding carboxylic acids is 2. The predicted octanol–water partition coefficient (Wildman–Crippen LogP) is 3.72. The number of aromatic nitrogens is 2. The van der Waals surface area contributed by atoms with E-state index in [0.717, 1.165) is 40.9 Å². The van der Waals surface area contributed by atoms with Crippen LogP contribution in [0.5, 0.6) is 0 Å². The summed E-state index contributed by atoms with van der Waals surface area (Å²) < 4.78 is 5.00. The fourth-order valence-corrected chi connectivity index (χ4v) is 5.11. The van der Waals surface area contributed by atoms with Crippen molar-refractivity contribution in [3.8, 4) is 9.88 Å². The summed E-state index contributed by atoms with van der Waals surface area (Å²) in [6.07, 6.45) is 2.74. The third-order valence-electron chi connectivity index (χ3n) is 5.05. The molecule has 1 saturated heterocycles. The van der Waals surface area contributed by atoms with Gasteiger partial charge in [-0.2, -0.15) is 0 Å². The molecule has 0 unspecified atom stereocenters. The lowest BCUT2D eigenvalue weighted by molar-refractivity contribution is -0.130. The van der Waals surface area contributed by atoms with Gasteiger partial charge in [-0.3, -0.25) is 4.79 Å². The van der Waals surface area contributed by atoms with E-state index in [9.17, 15) is 9.59 Å². The lowest BCUT2D eigenvalue weighted by Crippen LogP contribution is -2.36. The van der Waals surface area contributed by atoms with Crippen LogP contribution in [0.4, 0.5) is 5.82 Å². The van der Waals surface area contributed by atoms with Gasteiger partial charge in [-0.1, -0.05) is 6.07 Å². The number of anilines is 1. The smallest absolute Gasteiger partial charge is 0.339 e. The van der Waals surface area contributed by atoms with Crippen LogP contribution in [0.2, 0.25) is 0 Å². The molecule has 0 aromatic carbocycles. The molecule has 7 nitrogen and oxygen atoms in total. The number of hydrogen-bond donors (Lipinski definition) is 0. The molecule has 4 heterocycles. The summed E-state index contributed by atoms with van der Waals surface area (Å²) in [6.45, 7) is 5.00. The number of thiazole rings is 1. The highest BCUT2D eigenvalue weighted by Crippen LogP contribution is 2.28. The molecule has 1 fully saturated rings. The Bertz CT molecular complexity index is 1020. The number of amides is 1. The normalized spacial score (nSPS) is 14.4. The van der Waals surface area contributed by atoms with E-state index < -0.39 is 0 Å². The van der Waals surface area contributed by atoms with Gasteiger partial charge in [0.15, 0.2) is 0 Å². The number of ether oxygens (including phenoxy) is 1. The SMILES string of the molecule is CCOC(=O)c1ccc(N2CCCN(C(=O)Cc3csc(-c4cccs4)n3)CC2)nc1. The summed E-state index contributed by atoms with van der Waals surface area (Å²) in [5.74, 6) is 0.552. The molecule has 9 heteroatoms. The first kappa shape index (κ1) is 21.5. The van der Waals surface area contributed by atoms with Crippen molar-refractivity contribution in [1.82, 2.24) is 14.9 Å². The van der Waals surface area contributed by atoms with Crippen LogP contribution in [0.25, 0.3) is 9.88 Å². The Kier molecular flexibility index (Phi) is 6.93. The average Bonchev–Trinajstić information content (AvgIpc) is 3.41. The predicted molar refractivity (Wildman–Crippen MR) is 123 cm³/mol. The van der Waals surface area contributed by atoms with Crippen LogP contribution >= 0.6 is 22.7 Å². The Balaban J connectivity index is 1.33. The molecule has 31 heavy (non-hydrogen) atoms. The Labute approximate surface area is 189 Å². The largest absolute Gasteiger partial charge is 0.462 e. The molecule has 162 valence electrons. The number of esters is 1. The van der Waals surface area contributed by atoms with E-state index in [1.807, 2.05) is 33.9 Å². The van der Waals surface area contributed by atoms with Crippen molar-refractivity contribution in [3.63, 3.8) is 0 Å². The van der Waals surface area contributed by atoms with E-state index in [-0.39, 0.29) is 11.9 Å². The number of thiophene rings is 1. The average molecular weight is 457 g/mol. The van der Waals surface area contributed by atoms with Crippen molar-refractivity contribution >= 4 is 40.4 Å². The fourth-order valence-electron chi connectivity index (χ4n) is 3.47. The standard InChI is InChI=1S/C22H24N4O3S2/c1-2-29-22(28)16-6-7-19(23-14-16)25-8-4-9-26(11-10-25)20(27)13-17-15-31-21(24-17)18-5-3-12-30-18/h3,5-7,12,14-15H,2,4,8-11,13H2,1H3. The minimum absolute atomic E-state index is 0.107. The Morgan fingerprint density at radius 2 is 2.03 bits per heavy atom. The van der Waals surface area contributed by atoms with Crippen LogP contribution < -0.4 is 4.90 Å². The van der Waals surface area contributed by atoms with E-state index in [2.05, 4.69) is 14.9 Å². The van der Waals surface area contributed by atoms with E-state index in [4.69, 9.17) is 4.74 Å². The van der Waals surface area contributed by atoms with Gasteiger partial charge in [0.2, 0.25) is 5.91 Å². The Morgan fingerprint density at radius 3 is 2.77 bits per heavy atom. The molecule has 0 N–H and O–H groups in total. The molecule has 0 radical (unpaired) electrons. The van der Waals surface area contributed by atoms with E-state index in [0.29, 0.717) is 31.7 Å². The molecule has 3 aromatic heterocycles. The third-order valence-corrected chi connectivity index (χ3v) is 6.98. The van der Waals surface area contributed by atoms with Gasteiger partial charge >= 0.3 is 5.97 Å². The quantitative estimate of drug-likeness (QED) is 0.526. The Morgan fingerprint density at radius 1 is 1.13 bits per heavy atom. The van der Waals surface area contributed by atoms with Crippen molar-refractivity contribution < 1.29 is 14.3 Å². The number of pyridine rings is 1. The van der Waals surface area contributed by atoms with Crippen molar-refractivity contribution in [2.75, 3.05) is 37.7 Å². The topological polar surface area (TPSA) is 75.6 Å². The maximum atomic E-state index is 12.8. The molecule has 1 amide bonds. The highest BCUT2D eigenvalue weighted by atomic mass is 32.1. The fraction of sp³-hybridized carbons (Fsp3) is 0.364. The van der Waals surface area contributed by atoms with Crippen LogP contribution in [-0.4, -0.2) is 59.5 Å². The van der Waals surface area contributed by atoms with Gasteiger partial charge < -0.3 is 14.5 Å². The second-order valence-corrected chi connectivity index (χ2v) is 8.95. The highest BCUT2D eigenvalue weighted by Gasteiger charge is 2.21. The molecule has 3 aromatic rings. The minimum Gasteiger partial charge on any atom is -0.462 e. The van der Waals surface area contributed by atoms with Crippen LogP contribution in [-0.2, 0) is 16.0 Å². The highest BCUT2D eigenvalue weighted by molar-refractivity contribution is 7.20. The molecule has 0 aliphatic carbocycles. The lowest BCUT2D eigenvalue weighted by atomic mass is 10.2. The van der Waals surface area contributed by atoms with Crippen LogP contribution in [0.3, 0.4) is 0 Å². The monoisotopic (exact) mass is 456 g/mol. The van der Waals surface area contributed by atoms with E-state index in [1.165, 1.54) is 0 Å². The van der Waals surface area contributed by atoms with Gasteiger partial charge in [0, 0.05) is 37.8 Å². The first-order chi connectivity index (χ1) is 15.1. The number of rotatable bonds is 6. The zero-order valence-electron chi connectivity index (χ0n) is 17.3. The summed E-state index contributed by atoms with van der Waals surface area (Å²) >= 11 is 3.24. The van der Waals surface area contributed by atoms with Crippen LogP contribution in [0.1, 0.15) is 29.4 Å². The zero-order valence-corrected chi connectivity index (χ0v) is 19.0. The Hall–Kier alpha value is -2.78. The maximum absolute atomic E-state index is 12.8. The molecule has 1 aliphatic rings. The number of nitrogens with zero attached hydrogens (tertiary/aromatic N) is 4. The first-order valence-electron chi connectivity index (χ1n) is 10.3. The van der Waals surface area contributed by atoms with Crippen LogP contribution in [0, 0.1) is 0 Å². The lowest BCUT2D eigenvalue weighted by Gasteiger charge is -2.22. The zero-order chi connectivity index (χ0) is 21.6. The van der Waals surface area contributed by atoms with Gasteiger partial charge in [0.1, 0.15) is 10.8 Å². The van der Waals surface area contributed by atoms with Gasteiger partial charge in [-0.25, -0.2) is 14.8 Å². The molecular formula is C22H24N4O3S2. The van der Waals surface area contributed by atoms with Crippen LogP contribution in [0.15, 0.2) is 41.2 Å². The summed E-state index contributed by atoms with van der Waals surface area (Å²) in [4.78, 5) is 38.9. The third kappa shape index (κ3) is 5.29. The van der Waals surface area contributed by atoms with Gasteiger partial charge in [0.05, 0.1) is 29.2 Å². The molecular weight excluding hydrogens is 432 g/mol. The molecule has 0 bridgehead atoms. The second-order valence-electron chi connectivity index (χ2n) is 7.15. The molecule has 0 atom stereocenters. The molecule has 0 spiro atoms. The number of hydrogen-bond acceptors (Lipinski definition) is 8. The summed E-state index contributed by atoms with van der Waals surface area (Å²) in [7, 11) is 0. The van der Waals surface area contributed by atoms with Crippen molar-refractivity contribution in [1.29, 1.82) is 0 Å². The first-order valence-corrected chi connectivity index (χ1v) is 12.0. The van der Waals surface area contributed by atoms with Crippen molar-refractivity contribution in [3.05, 3.63) is 52.5 Å². The van der Waals surface area contributed by atoms with E-state index >= 15 is 0 Å². The molecule has 1 aliphatic heterocycles. The number of carbonyl (C=O) groups is 2. The van der Waals surface area contributed by atoms with Crippen molar-refractivity contribution in [2.24, 2.45) is 0 Å². The summed E-state index contributed by atoms with van der Waals surface area (Å²) in [5.41, 5.74) is 1.28. The minimum atomic E-state index is -0.363. The molecule has 4 rings (SSSR count). The molecule has 0 saturated carbocycles. The summed E-state index contributed by atoms with van der Waals surface area (Å²) in [6, 6.07) is 7.63. The second kappa shape index (κ2) is 10.0. The van der Waals surface area contributed by atoms with Gasteiger partial charge in [0.25, 0.3) is 0 Å². The van der Waals surface area contributed by atoms with E-state index in [1.54, 1.807) is 41.9 Å². The summed E-state index contributed by atoms with van der Waals surface area (Å²) in [5, 5.41) is 4.98.